The van der Waals surface area contributed by atoms with E-state index in [0.29, 0.717) is 38.1 Å². The lowest BCUT2D eigenvalue weighted by atomic mass is 10.0. The van der Waals surface area contributed by atoms with Crippen LogP contribution in [0.25, 0.3) is 0 Å². The van der Waals surface area contributed by atoms with Gasteiger partial charge in [0.25, 0.3) is 0 Å². The molecule has 9 heteroatoms. The second kappa shape index (κ2) is 8.95. The molecule has 28 heavy (non-hydrogen) atoms. The maximum atomic E-state index is 13.9. The average molecular weight is 412 g/mol. The van der Waals surface area contributed by atoms with Crippen LogP contribution in [-0.4, -0.2) is 53.3 Å². The van der Waals surface area contributed by atoms with Crippen molar-refractivity contribution in [1.29, 1.82) is 0 Å². The molecule has 0 bridgehead atoms. The summed E-state index contributed by atoms with van der Waals surface area (Å²) in [5.74, 6) is -1.17. The highest BCUT2D eigenvalue weighted by Crippen LogP contribution is 2.25. The lowest BCUT2D eigenvalue weighted by Gasteiger charge is -2.35. The number of halogens is 2. The third-order valence-corrected chi connectivity index (χ3v) is 6.05. The lowest BCUT2D eigenvalue weighted by molar-refractivity contribution is 0.0171. The normalized spacial score (nSPS) is 16.7. The van der Waals surface area contributed by atoms with E-state index in [1.165, 1.54) is 0 Å². The molecular weight excluding hydrogens is 390 g/mol. The molecule has 0 spiro atoms. The van der Waals surface area contributed by atoms with Crippen LogP contribution in [0.2, 0.25) is 0 Å². The van der Waals surface area contributed by atoms with Crippen LogP contribution >= 0.6 is 0 Å². The molecule has 0 amide bonds. The van der Waals surface area contributed by atoms with Gasteiger partial charge in [-0.05, 0) is 35.9 Å². The topological polar surface area (TPSA) is 67.9 Å². The molecule has 6 nitrogen and oxygen atoms in total. The first-order valence-electron chi connectivity index (χ1n) is 8.81. The Balaban J connectivity index is 1.85. The quantitative estimate of drug-likeness (QED) is 0.756. The summed E-state index contributed by atoms with van der Waals surface area (Å²) in [6.45, 7) is 2.30. The first kappa shape index (κ1) is 20.7. The van der Waals surface area contributed by atoms with Crippen molar-refractivity contribution in [2.24, 2.45) is 0 Å². The number of hydrogen-bond acceptors (Lipinski definition) is 5. The molecule has 0 aromatic heterocycles. The van der Waals surface area contributed by atoms with Gasteiger partial charge in [0.15, 0.2) is 0 Å². The van der Waals surface area contributed by atoms with Gasteiger partial charge in [-0.15, -0.1) is 0 Å². The Bertz CT molecular complexity index is 918. The van der Waals surface area contributed by atoms with Crippen molar-refractivity contribution in [2.75, 3.05) is 40.0 Å². The Morgan fingerprint density at radius 1 is 1.18 bits per heavy atom. The maximum absolute atomic E-state index is 13.9. The van der Waals surface area contributed by atoms with Gasteiger partial charge in [-0.1, -0.05) is 12.1 Å². The Kier molecular flexibility index (Phi) is 6.61. The molecule has 1 aliphatic heterocycles. The van der Waals surface area contributed by atoms with Crippen molar-refractivity contribution in [3.8, 4) is 5.75 Å². The fourth-order valence-corrected chi connectivity index (χ4v) is 4.27. The molecular formula is C19H22F2N2O4S. The van der Waals surface area contributed by atoms with E-state index in [1.807, 2.05) is 18.2 Å². The SMILES string of the molecule is COc1cccc(C(CNS(=O)(=O)c2cc(F)ccc2F)N2CCOCC2)c1. The molecule has 1 unspecified atom stereocenters. The summed E-state index contributed by atoms with van der Waals surface area (Å²) in [5.41, 5.74) is 0.851. The molecule has 2 aromatic rings. The molecule has 1 N–H and O–H groups in total. The van der Waals surface area contributed by atoms with E-state index in [2.05, 4.69) is 9.62 Å². The third-order valence-electron chi connectivity index (χ3n) is 4.61. The Labute approximate surface area is 163 Å². The number of nitrogens with one attached hydrogen (secondary N) is 1. The van der Waals surface area contributed by atoms with Gasteiger partial charge in [0.1, 0.15) is 22.3 Å². The van der Waals surface area contributed by atoms with Crippen LogP contribution in [0.15, 0.2) is 47.4 Å². The number of nitrogens with zero attached hydrogens (tertiary/aromatic N) is 1. The van der Waals surface area contributed by atoms with Crippen molar-refractivity contribution in [1.82, 2.24) is 9.62 Å². The molecule has 1 fully saturated rings. The number of hydrogen-bond donors (Lipinski definition) is 1. The summed E-state index contributed by atoms with van der Waals surface area (Å²) in [5, 5.41) is 0. The lowest BCUT2D eigenvalue weighted by Crippen LogP contribution is -2.43. The summed E-state index contributed by atoms with van der Waals surface area (Å²) >= 11 is 0. The summed E-state index contributed by atoms with van der Waals surface area (Å²) in [7, 11) is -2.67. The summed E-state index contributed by atoms with van der Waals surface area (Å²) in [4.78, 5) is 1.38. The Morgan fingerprint density at radius 3 is 2.64 bits per heavy atom. The molecule has 1 aliphatic rings. The predicted octanol–water partition coefficient (Wildman–Crippen LogP) is 2.33. The van der Waals surface area contributed by atoms with Gasteiger partial charge in [0, 0.05) is 25.7 Å². The van der Waals surface area contributed by atoms with Crippen molar-refractivity contribution < 1.29 is 26.7 Å². The minimum atomic E-state index is -4.23. The van der Waals surface area contributed by atoms with Gasteiger partial charge < -0.3 is 9.47 Å². The minimum absolute atomic E-state index is 0.00848. The van der Waals surface area contributed by atoms with Gasteiger partial charge in [0.2, 0.25) is 10.0 Å². The fourth-order valence-electron chi connectivity index (χ4n) is 3.15. The number of rotatable bonds is 7. The molecule has 2 aromatic carbocycles. The third kappa shape index (κ3) is 4.85. The molecule has 152 valence electrons. The van der Waals surface area contributed by atoms with Gasteiger partial charge >= 0.3 is 0 Å². The van der Waals surface area contributed by atoms with Crippen LogP contribution in [-0.2, 0) is 14.8 Å². The van der Waals surface area contributed by atoms with E-state index < -0.39 is 26.6 Å². The van der Waals surface area contributed by atoms with Crippen LogP contribution in [0.3, 0.4) is 0 Å². The van der Waals surface area contributed by atoms with E-state index in [9.17, 15) is 17.2 Å². The first-order chi connectivity index (χ1) is 13.4. The molecule has 1 heterocycles. The van der Waals surface area contributed by atoms with Crippen molar-refractivity contribution in [3.63, 3.8) is 0 Å². The maximum Gasteiger partial charge on any atom is 0.243 e. The predicted molar refractivity (Wildman–Crippen MR) is 99.7 cm³/mol. The van der Waals surface area contributed by atoms with Gasteiger partial charge in [0.05, 0.1) is 20.3 Å². The van der Waals surface area contributed by atoms with Gasteiger partial charge in [-0.3, -0.25) is 4.90 Å². The van der Waals surface area contributed by atoms with E-state index >= 15 is 0 Å². The summed E-state index contributed by atoms with van der Waals surface area (Å²) in [6, 6.07) is 9.36. The van der Waals surface area contributed by atoms with Crippen molar-refractivity contribution >= 4 is 10.0 Å². The Hall–Kier alpha value is -2.07. The molecule has 0 aliphatic carbocycles. The van der Waals surface area contributed by atoms with E-state index in [4.69, 9.17) is 9.47 Å². The van der Waals surface area contributed by atoms with E-state index in [-0.39, 0.29) is 12.6 Å². The van der Waals surface area contributed by atoms with Gasteiger partial charge in [-0.25, -0.2) is 21.9 Å². The van der Waals surface area contributed by atoms with Crippen LogP contribution in [0.1, 0.15) is 11.6 Å². The molecule has 0 radical (unpaired) electrons. The number of ether oxygens (including phenoxy) is 2. The standard InChI is InChI=1S/C19H22F2N2O4S/c1-26-16-4-2-3-14(11-16)18(23-7-9-27-10-8-23)13-22-28(24,25)19-12-15(20)5-6-17(19)21/h2-6,11-12,18,22H,7-10,13H2,1H3. The van der Waals surface area contributed by atoms with E-state index in [1.54, 1.807) is 13.2 Å². The van der Waals surface area contributed by atoms with E-state index in [0.717, 1.165) is 17.7 Å². The number of benzene rings is 2. The van der Waals surface area contributed by atoms with Crippen molar-refractivity contribution in [3.05, 3.63) is 59.7 Å². The van der Waals surface area contributed by atoms with Gasteiger partial charge in [-0.2, -0.15) is 0 Å². The number of morpholine rings is 1. The molecule has 0 saturated carbocycles. The first-order valence-corrected chi connectivity index (χ1v) is 10.3. The average Bonchev–Trinajstić information content (AvgIpc) is 2.71. The zero-order valence-corrected chi connectivity index (χ0v) is 16.2. The summed E-state index contributed by atoms with van der Waals surface area (Å²) in [6.07, 6.45) is 0. The highest BCUT2D eigenvalue weighted by molar-refractivity contribution is 7.89. The van der Waals surface area contributed by atoms with Crippen LogP contribution in [0.4, 0.5) is 8.78 Å². The summed E-state index contributed by atoms with van der Waals surface area (Å²) < 4.78 is 65.5. The Morgan fingerprint density at radius 2 is 1.93 bits per heavy atom. The number of sulfonamides is 1. The van der Waals surface area contributed by atoms with Crippen molar-refractivity contribution in [2.45, 2.75) is 10.9 Å². The second-order valence-electron chi connectivity index (χ2n) is 6.37. The van der Waals surface area contributed by atoms with Crippen LogP contribution in [0.5, 0.6) is 5.75 Å². The molecule has 3 rings (SSSR count). The zero-order chi connectivity index (χ0) is 20.1. The largest absolute Gasteiger partial charge is 0.497 e. The van der Waals surface area contributed by atoms with Crippen LogP contribution in [0, 0.1) is 11.6 Å². The number of methoxy groups -OCH3 is 1. The zero-order valence-electron chi connectivity index (χ0n) is 15.4. The minimum Gasteiger partial charge on any atom is -0.497 e. The second-order valence-corrected chi connectivity index (χ2v) is 8.10. The molecule has 1 saturated heterocycles. The molecule has 1 atom stereocenters. The monoisotopic (exact) mass is 412 g/mol. The van der Waals surface area contributed by atoms with Crippen LogP contribution < -0.4 is 9.46 Å². The highest BCUT2D eigenvalue weighted by atomic mass is 32.2. The fraction of sp³-hybridized carbons (Fsp3) is 0.368. The smallest absolute Gasteiger partial charge is 0.243 e. The highest BCUT2D eigenvalue weighted by Gasteiger charge is 2.27.